The molecule has 7 nitrogen and oxygen atoms in total. The van der Waals surface area contributed by atoms with Crippen molar-refractivity contribution in [2.24, 2.45) is 0 Å². The Labute approximate surface area is 179 Å². The van der Waals surface area contributed by atoms with Gasteiger partial charge in [-0.1, -0.05) is 42.1 Å². The van der Waals surface area contributed by atoms with E-state index in [1.54, 1.807) is 12.1 Å². The van der Waals surface area contributed by atoms with Crippen molar-refractivity contribution in [3.63, 3.8) is 0 Å². The average molecular weight is 444 g/mol. The van der Waals surface area contributed by atoms with Crippen molar-refractivity contribution in [1.29, 1.82) is 0 Å². The second-order valence-corrected chi connectivity index (χ2v) is 9.75. The smallest absolute Gasteiger partial charge is 0.243 e. The summed E-state index contributed by atoms with van der Waals surface area (Å²) in [6.45, 7) is 3.29. The highest BCUT2D eigenvalue weighted by atomic mass is 32.2. The van der Waals surface area contributed by atoms with Crippen molar-refractivity contribution in [2.45, 2.75) is 16.8 Å². The number of morpholine rings is 1. The van der Waals surface area contributed by atoms with Crippen molar-refractivity contribution < 1.29 is 17.9 Å². The molecule has 0 spiro atoms. The maximum absolute atomic E-state index is 12.7. The molecule has 2 aromatic carbocycles. The molecule has 0 atom stereocenters. The van der Waals surface area contributed by atoms with Crippen LogP contribution in [0.5, 0.6) is 0 Å². The highest BCUT2D eigenvalue weighted by Crippen LogP contribution is 2.26. The van der Waals surface area contributed by atoms with Gasteiger partial charge in [0.15, 0.2) is 5.78 Å². The molecule has 2 heterocycles. The van der Waals surface area contributed by atoms with Gasteiger partial charge >= 0.3 is 0 Å². The lowest BCUT2D eigenvalue weighted by molar-refractivity contribution is 0.0730. The van der Waals surface area contributed by atoms with E-state index in [1.807, 2.05) is 31.2 Å². The van der Waals surface area contributed by atoms with Crippen LogP contribution in [0.4, 0.5) is 0 Å². The number of para-hydroxylation sites is 1. The van der Waals surface area contributed by atoms with Crippen molar-refractivity contribution in [3.8, 4) is 0 Å². The second-order valence-electron chi connectivity index (χ2n) is 6.85. The minimum absolute atomic E-state index is 0.0873. The van der Waals surface area contributed by atoms with Crippen molar-refractivity contribution >= 4 is 38.5 Å². The van der Waals surface area contributed by atoms with E-state index in [0.717, 1.165) is 15.9 Å². The molecule has 4 rings (SSSR count). The van der Waals surface area contributed by atoms with Gasteiger partial charge in [-0.3, -0.25) is 4.79 Å². The molecule has 1 aromatic heterocycles. The zero-order valence-electron chi connectivity index (χ0n) is 16.4. The Kier molecular flexibility index (Phi) is 6.14. The molecular formula is C21H21N3O4S2. The van der Waals surface area contributed by atoms with Gasteiger partial charge in [-0.25, -0.2) is 18.4 Å². The third-order valence-electron chi connectivity index (χ3n) is 4.80. The Morgan fingerprint density at radius 1 is 1.07 bits per heavy atom. The summed E-state index contributed by atoms with van der Waals surface area (Å²) in [6.07, 6.45) is 0. The molecule has 9 heteroatoms. The summed E-state index contributed by atoms with van der Waals surface area (Å²) in [4.78, 5) is 21.7. The highest BCUT2D eigenvalue weighted by Gasteiger charge is 2.26. The molecule has 156 valence electrons. The number of carbonyl (C=O) groups excluding carboxylic acids is 1. The van der Waals surface area contributed by atoms with Crippen LogP contribution in [0.25, 0.3) is 10.9 Å². The van der Waals surface area contributed by atoms with E-state index in [0.29, 0.717) is 37.7 Å². The first-order valence-electron chi connectivity index (χ1n) is 9.52. The Bertz CT molecular complexity index is 1170. The summed E-state index contributed by atoms with van der Waals surface area (Å²) >= 11 is 1.36. The van der Waals surface area contributed by atoms with Crippen LogP contribution in [0.3, 0.4) is 0 Å². The van der Waals surface area contributed by atoms with E-state index < -0.39 is 10.0 Å². The maximum atomic E-state index is 12.7. The fourth-order valence-corrected chi connectivity index (χ4v) is 5.60. The van der Waals surface area contributed by atoms with Gasteiger partial charge < -0.3 is 4.74 Å². The minimum Gasteiger partial charge on any atom is -0.379 e. The van der Waals surface area contributed by atoms with Crippen LogP contribution in [-0.2, 0) is 14.8 Å². The van der Waals surface area contributed by atoms with Gasteiger partial charge in [0.25, 0.3) is 0 Å². The summed E-state index contributed by atoms with van der Waals surface area (Å²) in [5.41, 5.74) is 1.32. The molecule has 3 aromatic rings. The van der Waals surface area contributed by atoms with Crippen LogP contribution >= 0.6 is 11.8 Å². The number of fused-ring (bicyclic) bond motifs is 1. The minimum atomic E-state index is -3.57. The molecule has 1 aliphatic heterocycles. The summed E-state index contributed by atoms with van der Waals surface area (Å²) in [7, 11) is -3.57. The SMILES string of the molecule is Cc1nc(SCC(=O)c2ccc(S(=O)(=O)N3CCOCC3)cc2)c2ccccc2n1. The van der Waals surface area contributed by atoms with Crippen LogP contribution in [0.1, 0.15) is 16.2 Å². The van der Waals surface area contributed by atoms with E-state index in [-0.39, 0.29) is 16.4 Å². The number of ether oxygens (including phenoxy) is 1. The molecule has 30 heavy (non-hydrogen) atoms. The van der Waals surface area contributed by atoms with Crippen LogP contribution in [0.15, 0.2) is 58.5 Å². The quantitative estimate of drug-likeness (QED) is 0.329. The molecule has 1 saturated heterocycles. The fourth-order valence-electron chi connectivity index (χ4n) is 3.23. The average Bonchev–Trinajstić information content (AvgIpc) is 2.77. The van der Waals surface area contributed by atoms with Crippen LogP contribution in [-0.4, -0.2) is 60.5 Å². The number of nitrogens with zero attached hydrogens (tertiary/aromatic N) is 3. The number of hydrogen-bond acceptors (Lipinski definition) is 7. The Balaban J connectivity index is 1.47. The zero-order chi connectivity index (χ0) is 21.1. The molecule has 1 aliphatic rings. The predicted molar refractivity (Wildman–Crippen MR) is 115 cm³/mol. The first kappa shape index (κ1) is 20.9. The van der Waals surface area contributed by atoms with Gasteiger partial charge in [0, 0.05) is 24.0 Å². The first-order valence-corrected chi connectivity index (χ1v) is 11.9. The molecule has 0 N–H and O–H groups in total. The van der Waals surface area contributed by atoms with Crippen molar-refractivity contribution in [1.82, 2.24) is 14.3 Å². The molecule has 1 fully saturated rings. The summed E-state index contributed by atoms with van der Waals surface area (Å²) < 4.78 is 32.0. The summed E-state index contributed by atoms with van der Waals surface area (Å²) in [6, 6.07) is 13.8. The van der Waals surface area contributed by atoms with Crippen LogP contribution in [0, 0.1) is 6.92 Å². The number of hydrogen-bond donors (Lipinski definition) is 0. The van der Waals surface area contributed by atoms with Crippen LogP contribution in [0.2, 0.25) is 0 Å². The Hall–Kier alpha value is -2.33. The lowest BCUT2D eigenvalue weighted by atomic mass is 10.1. The Morgan fingerprint density at radius 2 is 1.77 bits per heavy atom. The number of thioether (sulfide) groups is 1. The number of rotatable bonds is 6. The van der Waals surface area contributed by atoms with E-state index in [2.05, 4.69) is 9.97 Å². The molecule has 0 aliphatic carbocycles. The third-order valence-corrected chi connectivity index (χ3v) is 7.71. The molecule has 0 amide bonds. The number of Topliss-reactive ketones (excluding diaryl/α,β-unsaturated/α-hetero) is 1. The normalized spacial score (nSPS) is 15.4. The monoisotopic (exact) mass is 443 g/mol. The molecule has 0 saturated carbocycles. The molecular weight excluding hydrogens is 422 g/mol. The number of ketones is 1. The molecule has 0 radical (unpaired) electrons. The number of sulfonamides is 1. The van der Waals surface area contributed by atoms with Gasteiger partial charge in [-0.05, 0) is 25.1 Å². The van der Waals surface area contributed by atoms with Crippen molar-refractivity contribution in [3.05, 3.63) is 59.9 Å². The van der Waals surface area contributed by atoms with E-state index >= 15 is 0 Å². The third kappa shape index (κ3) is 4.39. The lowest BCUT2D eigenvalue weighted by Gasteiger charge is -2.26. The fraction of sp³-hybridized carbons (Fsp3) is 0.286. The summed E-state index contributed by atoms with van der Waals surface area (Å²) in [5, 5.41) is 1.67. The topological polar surface area (TPSA) is 89.5 Å². The van der Waals surface area contributed by atoms with Gasteiger partial charge in [0.1, 0.15) is 10.9 Å². The van der Waals surface area contributed by atoms with E-state index in [1.165, 1.54) is 28.2 Å². The maximum Gasteiger partial charge on any atom is 0.243 e. The molecule has 0 unspecified atom stereocenters. The predicted octanol–water partition coefficient (Wildman–Crippen LogP) is 2.93. The van der Waals surface area contributed by atoms with Gasteiger partial charge in [-0.15, -0.1) is 0 Å². The number of aryl methyl sites for hydroxylation is 1. The van der Waals surface area contributed by atoms with Crippen molar-refractivity contribution in [2.75, 3.05) is 32.1 Å². The van der Waals surface area contributed by atoms with Gasteiger partial charge in [0.05, 0.1) is 29.4 Å². The number of carbonyl (C=O) groups is 1. The standard InChI is InChI=1S/C21H21N3O4S2/c1-15-22-19-5-3-2-4-18(19)21(23-15)29-14-20(25)16-6-8-17(9-7-16)30(26,27)24-10-12-28-13-11-24/h2-9H,10-14H2,1H3. The van der Waals surface area contributed by atoms with E-state index in [9.17, 15) is 13.2 Å². The molecule has 0 bridgehead atoms. The lowest BCUT2D eigenvalue weighted by Crippen LogP contribution is -2.40. The summed E-state index contributed by atoms with van der Waals surface area (Å²) in [5.74, 6) is 0.771. The van der Waals surface area contributed by atoms with Gasteiger partial charge in [0.2, 0.25) is 10.0 Å². The Morgan fingerprint density at radius 3 is 2.50 bits per heavy atom. The number of benzene rings is 2. The van der Waals surface area contributed by atoms with Gasteiger partial charge in [-0.2, -0.15) is 4.31 Å². The first-order chi connectivity index (χ1) is 14.4. The zero-order valence-corrected chi connectivity index (χ0v) is 18.1. The number of aromatic nitrogens is 2. The highest BCUT2D eigenvalue weighted by molar-refractivity contribution is 8.00. The largest absolute Gasteiger partial charge is 0.379 e. The van der Waals surface area contributed by atoms with E-state index in [4.69, 9.17) is 4.74 Å². The van der Waals surface area contributed by atoms with Crippen LogP contribution < -0.4 is 0 Å². The second kappa shape index (κ2) is 8.81.